The third-order valence-corrected chi connectivity index (χ3v) is 5.88. The molecule has 31 heavy (non-hydrogen) atoms. The first-order valence-corrected chi connectivity index (χ1v) is 12.4. The highest BCUT2D eigenvalue weighted by atomic mass is 16.5. The molecule has 176 valence electrons. The zero-order chi connectivity index (χ0) is 22.3. The fraction of sp³-hybridized carbons (Fsp3) is 0.826. The van der Waals surface area contributed by atoms with Crippen molar-refractivity contribution in [1.82, 2.24) is 10.5 Å². The Morgan fingerprint density at radius 1 is 0.581 bits per heavy atom. The van der Waals surface area contributed by atoms with Gasteiger partial charge in [-0.3, -0.25) is 21.4 Å². The smallest absolute Gasteiger partial charge is 0.268 e. The summed E-state index contributed by atoms with van der Waals surface area (Å²) in [4.78, 5) is 0. The van der Waals surface area contributed by atoms with Crippen molar-refractivity contribution in [3.63, 3.8) is 0 Å². The highest BCUT2D eigenvalue weighted by Gasteiger charge is 2.16. The lowest BCUT2D eigenvalue weighted by Gasteiger charge is -2.04. The summed E-state index contributed by atoms with van der Waals surface area (Å²) in [5, 5.41) is 24.2. The molecule has 2 aromatic heterocycles. The zero-order valence-electron chi connectivity index (χ0n) is 19.6. The fourth-order valence-electron chi connectivity index (χ4n) is 3.96. The van der Waals surface area contributed by atoms with E-state index in [-0.39, 0.29) is 11.1 Å². The third-order valence-electron chi connectivity index (χ3n) is 5.88. The van der Waals surface area contributed by atoms with Crippen LogP contribution in [0.1, 0.15) is 109 Å². The second-order valence-corrected chi connectivity index (χ2v) is 8.53. The maximum Gasteiger partial charge on any atom is 0.268 e. The van der Waals surface area contributed by atoms with Gasteiger partial charge in [0.05, 0.1) is 0 Å². The molecule has 8 nitrogen and oxygen atoms in total. The summed E-state index contributed by atoms with van der Waals surface area (Å²) in [6, 6.07) is 0. The Morgan fingerprint density at radius 3 is 1.39 bits per heavy atom. The number of unbranched alkanes of at least 4 members (excludes halogenated alkanes) is 10. The van der Waals surface area contributed by atoms with E-state index in [2.05, 4.69) is 24.4 Å². The molecule has 0 spiro atoms. The van der Waals surface area contributed by atoms with Crippen LogP contribution in [0.15, 0.2) is 9.05 Å². The highest BCUT2D eigenvalue weighted by Crippen LogP contribution is 2.06. The average molecular weight is 435 g/mol. The molecule has 2 aromatic rings. The number of aryl methyl sites for hydroxylation is 2. The molecule has 0 unspecified atom stereocenters. The van der Waals surface area contributed by atoms with Gasteiger partial charge in [0.1, 0.15) is 13.1 Å². The second kappa shape index (κ2) is 14.8. The minimum absolute atomic E-state index is 0.155. The molecule has 0 aliphatic carbocycles. The van der Waals surface area contributed by atoms with Crippen molar-refractivity contribution in [2.24, 2.45) is 0 Å². The molecular weight excluding hydrogens is 392 g/mol. The summed E-state index contributed by atoms with van der Waals surface area (Å²) in [6.07, 6.45) is 17.0. The van der Waals surface area contributed by atoms with E-state index in [9.17, 15) is 0 Å². The lowest BCUT2D eigenvalue weighted by atomic mass is 10.1. The van der Waals surface area contributed by atoms with Crippen molar-refractivity contribution in [2.75, 3.05) is 0 Å². The maximum atomic E-state index is 8.04. The van der Waals surface area contributed by atoms with E-state index in [0.717, 1.165) is 43.7 Å². The Labute approximate surface area is 186 Å². The van der Waals surface area contributed by atoms with Gasteiger partial charge in [-0.1, -0.05) is 65.2 Å². The Bertz CT molecular complexity index is 763. The summed E-state index contributed by atoms with van der Waals surface area (Å²) >= 11 is 0. The number of nitrogens with zero attached hydrogens (tertiary/aromatic N) is 4. The van der Waals surface area contributed by atoms with Crippen molar-refractivity contribution < 1.29 is 18.4 Å². The van der Waals surface area contributed by atoms with Crippen molar-refractivity contribution >= 4 is 0 Å². The molecule has 0 bridgehead atoms. The van der Waals surface area contributed by atoms with E-state index in [0.29, 0.717) is 12.8 Å². The fourth-order valence-corrected chi connectivity index (χ4v) is 3.96. The van der Waals surface area contributed by atoms with Crippen LogP contribution in [0.25, 0.3) is 0 Å². The first-order chi connectivity index (χ1) is 15.2. The molecule has 0 atom stereocenters. The van der Waals surface area contributed by atoms with Gasteiger partial charge in [-0.15, -0.1) is 0 Å². The van der Waals surface area contributed by atoms with Crippen LogP contribution in [0.5, 0.6) is 0 Å². The Morgan fingerprint density at radius 2 is 0.968 bits per heavy atom. The van der Waals surface area contributed by atoms with Gasteiger partial charge < -0.3 is 9.05 Å². The molecule has 0 fully saturated rings. The van der Waals surface area contributed by atoms with E-state index in [1.807, 2.05) is 9.36 Å². The minimum atomic E-state index is 0.155. The topological polar surface area (TPSA) is 110 Å². The Kier molecular flexibility index (Phi) is 12.0. The highest BCUT2D eigenvalue weighted by molar-refractivity contribution is 4.85. The summed E-state index contributed by atoms with van der Waals surface area (Å²) in [7, 11) is 0. The van der Waals surface area contributed by atoms with Gasteiger partial charge in [0.15, 0.2) is 0 Å². The van der Waals surface area contributed by atoms with Crippen LogP contribution in [0.2, 0.25) is 0 Å². The molecule has 8 heteroatoms. The van der Waals surface area contributed by atoms with Gasteiger partial charge in [-0.2, -0.15) is 0 Å². The molecule has 0 aromatic carbocycles. The van der Waals surface area contributed by atoms with Gasteiger partial charge >= 0.3 is 0 Å². The zero-order valence-corrected chi connectivity index (χ0v) is 19.6. The molecule has 0 aliphatic heterocycles. The molecule has 0 saturated heterocycles. The second-order valence-electron chi connectivity index (χ2n) is 8.53. The molecule has 0 amide bonds. The van der Waals surface area contributed by atoms with Crippen LogP contribution < -0.4 is 31.0 Å². The third kappa shape index (κ3) is 8.87. The number of hydrogen-bond acceptors (Lipinski definition) is 4. The summed E-state index contributed by atoms with van der Waals surface area (Å²) in [6.45, 7) is 6.07. The van der Waals surface area contributed by atoms with E-state index in [4.69, 9.17) is 19.9 Å². The summed E-state index contributed by atoms with van der Waals surface area (Å²) in [5.41, 5.74) is 2.00. The quantitative estimate of drug-likeness (QED) is 0.277. The van der Waals surface area contributed by atoms with Crippen LogP contribution in [0.3, 0.4) is 0 Å². The first kappa shape index (κ1) is 25.1. The molecule has 0 saturated carbocycles. The van der Waals surface area contributed by atoms with E-state index in [1.165, 1.54) is 64.2 Å². The maximum absolute atomic E-state index is 8.04. The summed E-state index contributed by atoms with van der Waals surface area (Å²) < 4.78 is 14.0. The van der Waals surface area contributed by atoms with Crippen molar-refractivity contribution in [3.05, 3.63) is 22.5 Å². The van der Waals surface area contributed by atoms with Gasteiger partial charge in [-0.25, -0.2) is 9.36 Å². The molecule has 2 N–H and O–H groups in total. The standard InChI is InChI=1S/C23H42N6O2/c1-3-5-7-9-11-13-18-28-20(22(24)30-26-28)16-15-17-21-23(25)31-27-29(21)19-14-12-10-8-6-4-2/h24-25H,3-19H2,1-2H3. The van der Waals surface area contributed by atoms with Crippen LogP contribution in [-0.2, 0) is 25.9 Å². The van der Waals surface area contributed by atoms with Crippen LogP contribution in [0, 0.1) is 10.8 Å². The Balaban J connectivity index is 1.78. The molecule has 0 aliphatic rings. The average Bonchev–Trinajstić information content (AvgIpc) is 3.30. The van der Waals surface area contributed by atoms with E-state index < -0.39 is 0 Å². The SMILES string of the molecule is CCCCCCCC[n+]1[n-]oc(=N)c1CCCc1c(=N)o[n-][n+]1CCCCCCCC. The van der Waals surface area contributed by atoms with Crippen LogP contribution in [0.4, 0.5) is 0 Å². The number of aromatic nitrogens is 4. The van der Waals surface area contributed by atoms with Gasteiger partial charge in [0, 0.05) is 25.7 Å². The van der Waals surface area contributed by atoms with Crippen LogP contribution in [-0.4, -0.2) is 0 Å². The van der Waals surface area contributed by atoms with Gasteiger partial charge in [0.25, 0.3) is 11.1 Å². The predicted molar refractivity (Wildman–Crippen MR) is 115 cm³/mol. The predicted octanol–water partition coefficient (Wildman–Crippen LogP) is 3.22. The molecule has 2 rings (SSSR count). The van der Waals surface area contributed by atoms with E-state index in [1.54, 1.807) is 0 Å². The van der Waals surface area contributed by atoms with Crippen LogP contribution >= 0.6 is 0 Å². The number of nitrogens with one attached hydrogen (secondary N) is 2. The van der Waals surface area contributed by atoms with Gasteiger partial charge in [-0.05, 0) is 19.3 Å². The minimum Gasteiger partial charge on any atom is -0.487 e. The lowest BCUT2D eigenvalue weighted by Crippen LogP contribution is -2.44. The monoisotopic (exact) mass is 434 g/mol. The normalized spacial score (nSPS) is 11.4. The van der Waals surface area contributed by atoms with Crippen molar-refractivity contribution in [1.29, 1.82) is 10.8 Å². The largest absolute Gasteiger partial charge is 0.487 e. The van der Waals surface area contributed by atoms with Crippen molar-refractivity contribution in [2.45, 2.75) is 123 Å². The molecule has 2 heterocycles. The Hall–Kier alpha value is -2.12. The first-order valence-electron chi connectivity index (χ1n) is 12.4. The molecular formula is C23H42N6O2. The van der Waals surface area contributed by atoms with Crippen molar-refractivity contribution in [3.8, 4) is 0 Å². The number of rotatable bonds is 18. The van der Waals surface area contributed by atoms with Gasteiger partial charge in [0.2, 0.25) is 11.4 Å². The lowest BCUT2D eigenvalue weighted by molar-refractivity contribution is -0.774. The summed E-state index contributed by atoms with van der Waals surface area (Å²) in [5.74, 6) is 0. The number of hydrogen-bond donors (Lipinski definition) is 2. The molecule has 0 radical (unpaired) electrons. The van der Waals surface area contributed by atoms with E-state index >= 15 is 0 Å².